The molecule has 1 atom stereocenters. The molecule has 0 spiro atoms. The van der Waals surface area contributed by atoms with Crippen LogP contribution in [0.2, 0.25) is 0 Å². The summed E-state index contributed by atoms with van der Waals surface area (Å²) in [6.45, 7) is 10.8. The molecule has 2 fully saturated rings. The highest BCUT2D eigenvalue weighted by Gasteiger charge is 2.25. The van der Waals surface area contributed by atoms with Gasteiger partial charge < -0.3 is 19.7 Å². The van der Waals surface area contributed by atoms with Crippen LogP contribution in [0, 0.1) is 17.8 Å². The maximum absolute atomic E-state index is 5.71. The van der Waals surface area contributed by atoms with Crippen molar-refractivity contribution in [2.75, 3.05) is 53.1 Å². The van der Waals surface area contributed by atoms with Crippen LogP contribution in [0.1, 0.15) is 52.4 Å². The zero-order valence-corrected chi connectivity index (χ0v) is 19.4. The van der Waals surface area contributed by atoms with Crippen LogP contribution in [0.5, 0.6) is 0 Å². The first-order valence-corrected chi connectivity index (χ1v) is 10.4. The van der Waals surface area contributed by atoms with E-state index in [1.807, 2.05) is 0 Å². The van der Waals surface area contributed by atoms with Gasteiger partial charge >= 0.3 is 0 Å². The Balaban J connectivity index is 0.00000338. The van der Waals surface area contributed by atoms with Gasteiger partial charge in [-0.2, -0.15) is 0 Å². The van der Waals surface area contributed by atoms with Gasteiger partial charge in [0, 0.05) is 39.2 Å². The lowest BCUT2D eigenvalue weighted by Crippen LogP contribution is -2.40. The molecular formula is C20H40IN3O2. The third-order valence-electron chi connectivity index (χ3n) is 5.75. The molecule has 0 aromatic rings. The van der Waals surface area contributed by atoms with E-state index in [1.165, 1.54) is 38.5 Å². The standard InChI is InChI=1S/C20H39N3O2.HI/c1-4-17-6-8-18(9-7-17)14-22-20(21-5-2)23-11-10-19(15-23)16-25-13-12-24-3;/h17-19H,4-16H2,1-3H3,(H,21,22);1H. The van der Waals surface area contributed by atoms with Crippen LogP contribution in [0.25, 0.3) is 0 Å². The molecule has 0 aromatic carbocycles. The van der Waals surface area contributed by atoms with E-state index in [0.717, 1.165) is 50.6 Å². The van der Waals surface area contributed by atoms with Crippen LogP contribution >= 0.6 is 24.0 Å². The quantitative estimate of drug-likeness (QED) is 0.236. The van der Waals surface area contributed by atoms with Gasteiger partial charge in [-0.05, 0) is 38.0 Å². The van der Waals surface area contributed by atoms with Crippen LogP contribution in [0.3, 0.4) is 0 Å². The van der Waals surface area contributed by atoms with Gasteiger partial charge in [-0.15, -0.1) is 24.0 Å². The van der Waals surface area contributed by atoms with Crippen molar-refractivity contribution in [3.63, 3.8) is 0 Å². The van der Waals surface area contributed by atoms with E-state index in [0.29, 0.717) is 19.1 Å². The van der Waals surface area contributed by atoms with E-state index < -0.39 is 0 Å². The van der Waals surface area contributed by atoms with E-state index in [2.05, 4.69) is 24.1 Å². The van der Waals surface area contributed by atoms with Crippen LogP contribution in [-0.2, 0) is 9.47 Å². The Morgan fingerprint density at radius 1 is 1.04 bits per heavy atom. The molecule has 0 amide bonds. The lowest BCUT2D eigenvalue weighted by Gasteiger charge is -2.27. The van der Waals surface area contributed by atoms with Crippen molar-refractivity contribution in [1.29, 1.82) is 0 Å². The van der Waals surface area contributed by atoms with Gasteiger partial charge in [-0.1, -0.05) is 26.2 Å². The number of guanidine groups is 1. The Bertz CT molecular complexity index is 387. The monoisotopic (exact) mass is 481 g/mol. The number of hydrogen-bond donors (Lipinski definition) is 1. The number of aliphatic imine (C=N–C) groups is 1. The number of likely N-dealkylation sites (tertiary alicyclic amines) is 1. The normalized spacial score (nSPS) is 26.7. The molecule has 1 saturated carbocycles. The van der Waals surface area contributed by atoms with Gasteiger partial charge in [0.2, 0.25) is 0 Å². The van der Waals surface area contributed by atoms with Gasteiger partial charge in [-0.25, -0.2) is 0 Å². The predicted molar refractivity (Wildman–Crippen MR) is 120 cm³/mol. The maximum Gasteiger partial charge on any atom is 0.193 e. The molecule has 154 valence electrons. The van der Waals surface area contributed by atoms with Gasteiger partial charge in [0.25, 0.3) is 0 Å². The Labute approximate surface area is 177 Å². The fourth-order valence-electron chi connectivity index (χ4n) is 4.02. The summed E-state index contributed by atoms with van der Waals surface area (Å²) >= 11 is 0. The van der Waals surface area contributed by atoms with Crippen LogP contribution in [-0.4, -0.2) is 64.0 Å². The molecule has 1 heterocycles. The van der Waals surface area contributed by atoms with E-state index in [1.54, 1.807) is 7.11 Å². The van der Waals surface area contributed by atoms with E-state index in [-0.39, 0.29) is 24.0 Å². The summed E-state index contributed by atoms with van der Waals surface area (Å²) in [5, 5.41) is 3.50. The van der Waals surface area contributed by atoms with E-state index in [9.17, 15) is 0 Å². The highest BCUT2D eigenvalue weighted by molar-refractivity contribution is 14.0. The molecule has 6 heteroatoms. The highest BCUT2D eigenvalue weighted by atomic mass is 127. The van der Waals surface area contributed by atoms with Crippen molar-refractivity contribution in [2.24, 2.45) is 22.7 Å². The highest BCUT2D eigenvalue weighted by Crippen LogP contribution is 2.30. The summed E-state index contributed by atoms with van der Waals surface area (Å²) in [7, 11) is 1.72. The van der Waals surface area contributed by atoms with Crippen molar-refractivity contribution in [1.82, 2.24) is 10.2 Å². The Hall–Kier alpha value is -0.0800. The fraction of sp³-hybridized carbons (Fsp3) is 0.950. The lowest BCUT2D eigenvalue weighted by atomic mass is 9.81. The average Bonchev–Trinajstić information content (AvgIpc) is 3.11. The van der Waals surface area contributed by atoms with Crippen LogP contribution in [0.15, 0.2) is 4.99 Å². The molecule has 1 N–H and O–H groups in total. The van der Waals surface area contributed by atoms with E-state index in [4.69, 9.17) is 14.5 Å². The molecule has 0 radical (unpaired) electrons. The second kappa shape index (κ2) is 14.0. The van der Waals surface area contributed by atoms with Crippen molar-refractivity contribution < 1.29 is 9.47 Å². The van der Waals surface area contributed by atoms with E-state index >= 15 is 0 Å². The summed E-state index contributed by atoms with van der Waals surface area (Å²) in [6, 6.07) is 0. The summed E-state index contributed by atoms with van der Waals surface area (Å²) in [5.41, 5.74) is 0. The molecule has 1 unspecified atom stereocenters. The fourth-order valence-corrected chi connectivity index (χ4v) is 4.02. The number of hydrogen-bond acceptors (Lipinski definition) is 3. The summed E-state index contributed by atoms with van der Waals surface area (Å²) in [5.74, 6) is 3.47. The topological polar surface area (TPSA) is 46.1 Å². The second-order valence-corrected chi connectivity index (χ2v) is 7.66. The third kappa shape index (κ3) is 8.30. The minimum atomic E-state index is 0. The first-order valence-electron chi connectivity index (χ1n) is 10.4. The van der Waals surface area contributed by atoms with Crippen molar-refractivity contribution in [2.45, 2.75) is 52.4 Å². The number of nitrogens with one attached hydrogen (secondary N) is 1. The number of ether oxygens (including phenoxy) is 2. The first-order chi connectivity index (χ1) is 12.3. The largest absolute Gasteiger partial charge is 0.382 e. The molecule has 0 aromatic heterocycles. The molecule has 0 bridgehead atoms. The molecule has 26 heavy (non-hydrogen) atoms. The molecule has 2 aliphatic rings. The minimum absolute atomic E-state index is 0. The summed E-state index contributed by atoms with van der Waals surface area (Å²) in [6.07, 6.45) is 8.06. The summed E-state index contributed by atoms with van der Waals surface area (Å²) in [4.78, 5) is 7.41. The average molecular weight is 481 g/mol. The van der Waals surface area contributed by atoms with Crippen molar-refractivity contribution in [3.05, 3.63) is 0 Å². The van der Waals surface area contributed by atoms with Crippen molar-refractivity contribution in [3.8, 4) is 0 Å². The van der Waals surface area contributed by atoms with Crippen LogP contribution < -0.4 is 5.32 Å². The Kier molecular flexibility index (Phi) is 12.9. The molecule has 1 saturated heterocycles. The second-order valence-electron chi connectivity index (χ2n) is 7.66. The molecule has 2 rings (SSSR count). The molecule has 5 nitrogen and oxygen atoms in total. The zero-order chi connectivity index (χ0) is 17.9. The van der Waals surface area contributed by atoms with Gasteiger partial charge in [0.05, 0.1) is 19.8 Å². The van der Waals surface area contributed by atoms with Gasteiger partial charge in [0.15, 0.2) is 5.96 Å². The van der Waals surface area contributed by atoms with Gasteiger partial charge in [0.1, 0.15) is 0 Å². The van der Waals surface area contributed by atoms with Gasteiger partial charge in [-0.3, -0.25) is 4.99 Å². The lowest BCUT2D eigenvalue weighted by molar-refractivity contribution is 0.0536. The molecule has 1 aliphatic heterocycles. The van der Waals surface area contributed by atoms with Crippen LogP contribution in [0.4, 0.5) is 0 Å². The number of halogens is 1. The minimum Gasteiger partial charge on any atom is -0.382 e. The third-order valence-corrected chi connectivity index (χ3v) is 5.75. The smallest absolute Gasteiger partial charge is 0.193 e. The van der Waals surface area contributed by atoms with Crippen molar-refractivity contribution >= 4 is 29.9 Å². The molecular weight excluding hydrogens is 441 g/mol. The number of methoxy groups -OCH3 is 1. The summed E-state index contributed by atoms with van der Waals surface area (Å²) < 4.78 is 10.7. The molecule has 1 aliphatic carbocycles. The predicted octanol–water partition coefficient (Wildman–Crippen LogP) is 3.77. The maximum atomic E-state index is 5.71. The first kappa shape index (κ1) is 24.0. The Morgan fingerprint density at radius 3 is 2.42 bits per heavy atom. The Morgan fingerprint density at radius 2 is 1.77 bits per heavy atom. The SMILES string of the molecule is CCNC(=NCC1CCC(CC)CC1)N1CCC(COCCOC)C1.I. The number of rotatable bonds is 9. The zero-order valence-electron chi connectivity index (χ0n) is 17.0. The number of nitrogens with zero attached hydrogens (tertiary/aromatic N) is 2.